The van der Waals surface area contributed by atoms with Crippen LogP contribution in [0.1, 0.15) is 18.4 Å². The monoisotopic (exact) mass is 373 g/mol. The van der Waals surface area contributed by atoms with Crippen molar-refractivity contribution in [1.29, 1.82) is 5.41 Å². The molecule has 0 bridgehead atoms. The summed E-state index contributed by atoms with van der Waals surface area (Å²) < 4.78 is 12.9. The van der Waals surface area contributed by atoms with Crippen molar-refractivity contribution < 1.29 is 14.4 Å². The number of phenols is 2. The van der Waals surface area contributed by atoms with Gasteiger partial charge in [0.25, 0.3) is 0 Å². The average molecular weight is 373 g/mol. The fourth-order valence-electron chi connectivity index (χ4n) is 2.61. The Hall–Kier alpha value is -2.64. The topological polar surface area (TPSA) is 111 Å². The molecule has 1 heterocycles. The molecule has 2 aromatic rings. The lowest BCUT2D eigenvalue weighted by atomic mass is 10.0. The second kappa shape index (κ2) is 9.17. The van der Waals surface area contributed by atoms with E-state index in [1.165, 1.54) is 18.2 Å². The highest BCUT2D eigenvalue weighted by Crippen LogP contribution is 2.30. The van der Waals surface area contributed by atoms with Gasteiger partial charge in [-0.2, -0.15) is 0 Å². The van der Waals surface area contributed by atoms with Crippen molar-refractivity contribution in [3.05, 3.63) is 53.9 Å². The molecule has 0 aliphatic carbocycles. The molecule has 138 valence electrons. The third-order valence-electron chi connectivity index (χ3n) is 4.00. The summed E-state index contributed by atoms with van der Waals surface area (Å²) in [6.07, 6.45) is 3.38. The van der Waals surface area contributed by atoms with E-state index in [0.29, 0.717) is 11.3 Å². The van der Waals surface area contributed by atoms with E-state index in [-0.39, 0.29) is 11.5 Å². The number of phenolic OH excluding ortho intramolecular Hbond substituents is 2. The maximum Gasteiger partial charge on any atom is 0.127 e. The maximum atomic E-state index is 10.9. The van der Waals surface area contributed by atoms with Gasteiger partial charge in [0.15, 0.2) is 0 Å². The molecule has 1 fully saturated rings. The Morgan fingerprint density at radius 1 is 1.12 bits per heavy atom. The van der Waals surface area contributed by atoms with Crippen LogP contribution in [0.25, 0.3) is 11.1 Å². The third-order valence-corrected chi connectivity index (χ3v) is 5.16. The highest BCUT2D eigenvalue weighted by molar-refractivity contribution is 7.85. The van der Waals surface area contributed by atoms with Crippen LogP contribution in [0.3, 0.4) is 0 Å². The molecule has 1 unspecified atom stereocenters. The quantitative estimate of drug-likeness (QED) is 0.487. The van der Waals surface area contributed by atoms with Crippen LogP contribution in [0.5, 0.6) is 11.5 Å². The number of nitrogens with one attached hydrogen (secondary N) is 1. The molecule has 0 amide bonds. The van der Waals surface area contributed by atoms with Gasteiger partial charge in [-0.1, -0.05) is 18.7 Å². The number of anilines is 1. The minimum absolute atomic E-state index is 0.0249. The van der Waals surface area contributed by atoms with Crippen molar-refractivity contribution >= 4 is 22.9 Å². The van der Waals surface area contributed by atoms with E-state index in [4.69, 9.17) is 11.1 Å². The predicted octanol–water partition coefficient (Wildman–Crippen LogP) is 3.23. The van der Waals surface area contributed by atoms with Gasteiger partial charge >= 0.3 is 0 Å². The highest BCUT2D eigenvalue weighted by Gasteiger charge is 2.14. The van der Waals surface area contributed by atoms with Crippen LogP contribution in [0, 0.1) is 5.41 Å². The SMILES string of the molecule is C=CS(=O)N1CCCC1.N=Cc1c(N)cc(-c2ccc(O)cc2)cc1O. The molecule has 1 saturated heterocycles. The third kappa shape index (κ3) is 4.93. The van der Waals surface area contributed by atoms with Crippen LogP contribution >= 0.6 is 0 Å². The lowest BCUT2D eigenvalue weighted by Gasteiger charge is -2.08. The summed E-state index contributed by atoms with van der Waals surface area (Å²) in [6.45, 7) is 5.41. The summed E-state index contributed by atoms with van der Waals surface area (Å²) in [5, 5.41) is 27.5. The van der Waals surface area contributed by atoms with E-state index in [0.717, 1.165) is 30.4 Å². The minimum Gasteiger partial charge on any atom is -0.508 e. The Morgan fingerprint density at radius 3 is 2.23 bits per heavy atom. The molecular formula is C19H23N3O3S. The summed E-state index contributed by atoms with van der Waals surface area (Å²) in [7, 11) is -0.905. The Kier molecular flexibility index (Phi) is 6.94. The van der Waals surface area contributed by atoms with Crippen molar-refractivity contribution in [3.63, 3.8) is 0 Å². The average Bonchev–Trinajstić information content (AvgIpc) is 3.16. The molecule has 0 spiro atoms. The summed E-state index contributed by atoms with van der Waals surface area (Å²) in [6, 6.07) is 9.82. The summed E-state index contributed by atoms with van der Waals surface area (Å²) in [5.74, 6) is 0.158. The van der Waals surface area contributed by atoms with Crippen LogP contribution < -0.4 is 5.73 Å². The Bertz CT molecular complexity index is 777. The van der Waals surface area contributed by atoms with Gasteiger partial charge in [-0.3, -0.25) is 0 Å². The number of nitrogens with zero attached hydrogens (tertiary/aromatic N) is 1. The van der Waals surface area contributed by atoms with Crippen molar-refractivity contribution in [2.24, 2.45) is 0 Å². The van der Waals surface area contributed by atoms with Crippen LogP contribution in [0.15, 0.2) is 48.4 Å². The molecule has 0 radical (unpaired) electrons. The maximum absolute atomic E-state index is 10.9. The number of nitrogens with two attached hydrogens (primary N) is 1. The van der Waals surface area contributed by atoms with Gasteiger partial charge in [0.05, 0.1) is 5.56 Å². The summed E-state index contributed by atoms with van der Waals surface area (Å²) in [4.78, 5) is 0. The van der Waals surface area contributed by atoms with Crippen LogP contribution in [0.4, 0.5) is 5.69 Å². The van der Waals surface area contributed by atoms with Crippen molar-refractivity contribution in [1.82, 2.24) is 4.31 Å². The largest absolute Gasteiger partial charge is 0.508 e. The molecule has 0 saturated carbocycles. The molecule has 1 aliphatic rings. The van der Waals surface area contributed by atoms with Gasteiger partial charge in [0.2, 0.25) is 0 Å². The second-order valence-electron chi connectivity index (χ2n) is 5.77. The zero-order chi connectivity index (χ0) is 19.1. The van der Waals surface area contributed by atoms with Crippen molar-refractivity contribution in [3.8, 4) is 22.6 Å². The number of nitrogen functional groups attached to an aromatic ring is 1. The standard InChI is InChI=1S/C13H12N2O2.C6H11NOS/c14-7-11-12(15)5-9(6-13(11)17)8-1-3-10(16)4-2-8;1-2-9(8)7-5-3-4-6-7/h1-7,14,16-17H,15H2;2H,1,3-6H2. The van der Waals surface area contributed by atoms with E-state index in [1.54, 1.807) is 36.4 Å². The Labute approximate surface area is 155 Å². The molecule has 1 atom stereocenters. The van der Waals surface area contributed by atoms with Gasteiger partial charge in [0, 0.05) is 30.4 Å². The molecule has 5 N–H and O–H groups in total. The van der Waals surface area contributed by atoms with Gasteiger partial charge < -0.3 is 21.4 Å². The zero-order valence-corrected chi connectivity index (χ0v) is 15.2. The first-order valence-corrected chi connectivity index (χ1v) is 9.33. The van der Waals surface area contributed by atoms with E-state index < -0.39 is 11.0 Å². The zero-order valence-electron chi connectivity index (χ0n) is 14.4. The summed E-state index contributed by atoms with van der Waals surface area (Å²) in [5.41, 5.74) is 7.98. The Balaban J connectivity index is 0.000000228. The second-order valence-corrected chi connectivity index (χ2v) is 7.17. The molecule has 7 heteroatoms. The van der Waals surface area contributed by atoms with Gasteiger partial charge in [-0.25, -0.2) is 8.51 Å². The smallest absolute Gasteiger partial charge is 0.127 e. The number of hydrogen-bond acceptors (Lipinski definition) is 5. The fourth-order valence-corrected chi connectivity index (χ4v) is 3.44. The number of rotatable bonds is 4. The highest BCUT2D eigenvalue weighted by atomic mass is 32.2. The number of benzene rings is 2. The first kappa shape index (κ1) is 19.7. The first-order valence-electron chi connectivity index (χ1n) is 8.16. The van der Waals surface area contributed by atoms with Gasteiger partial charge in [0.1, 0.15) is 22.5 Å². The van der Waals surface area contributed by atoms with Gasteiger partial charge in [-0.05, 0) is 48.2 Å². The molecule has 26 heavy (non-hydrogen) atoms. The number of aromatic hydroxyl groups is 2. The van der Waals surface area contributed by atoms with Crippen molar-refractivity contribution in [2.45, 2.75) is 12.8 Å². The molecule has 0 aromatic heterocycles. The lowest BCUT2D eigenvalue weighted by molar-refractivity contribution is 0.475. The first-order chi connectivity index (χ1) is 12.5. The van der Waals surface area contributed by atoms with Crippen LogP contribution in [-0.2, 0) is 11.0 Å². The van der Waals surface area contributed by atoms with Crippen molar-refractivity contribution in [2.75, 3.05) is 18.8 Å². The lowest BCUT2D eigenvalue weighted by Crippen LogP contribution is -2.19. The number of hydrogen-bond donors (Lipinski definition) is 4. The normalized spacial score (nSPS) is 14.9. The molecule has 3 rings (SSSR count). The predicted molar refractivity (Wildman–Crippen MR) is 107 cm³/mol. The van der Waals surface area contributed by atoms with Crippen LogP contribution in [0.2, 0.25) is 0 Å². The molecule has 2 aromatic carbocycles. The van der Waals surface area contributed by atoms with E-state index in [9.17, 15) is 14.4 Å². The van der Waals surface area contributed by atoms with E-state index >= 15 is 0 Å². The molecular weight excluding hydrogens is 350 g/mol. The van der Waals surface area contributed by atoms with E-state index in [2.05, 4.69) is 6.58 Å². The fraction of sp³-hybridized carbons (Fsp3) is 0.211. The molecule has 6 nitrogen and oxygen atoms in total. The minimum atomic E-state index is -0.905. The summed E-state index contributed by atoms with van der Waals surface area (Å²) >= 11 is 0. The van der Waals surface area contributed by atoms with Gasteiger partial charge in [-0.15, -0.1) is 0 Å². The molecule has 1 aliphatic heterocycles. The van der Waals surface area contributed by atoms with E-state index in [1.807, 2.05) is 4.31 Å². The Morgan fingerprint density at radius 2 is 1.73 bits per heavy atom. The van der Waals surface area contributed by atoms with Crippen LogP contribution in [-0.4, -0.2) is 38.0 Å².